The fourth-order valence-corrected chi connectivity index (χ4v) is 1.28. The molecule has 3 N–H and O–H groups in total. The Labute approximate surface area is 92.6 Å². The van der Waals surface area contributed by atoms with Gasteiger partial charge in [-0.1, -0.05) is 6.07 Å². The summed E-state index contributed by atoms with van der Waals surface area (Å²) >= 11 is 0. The zero-order valence-electron chi connectivity index (χ0n) is 9.13. The third-order valence-electron chi connectivity index (χ3n) is 2.20. The first kappa shape index (κ1) is 12.6. The zero-order chi connectivity index (χ0) is 12.3. The van der Waals surface area contributed by atoms with Gasteiger partial charge in [0.25, 0.3) is 0 Å². The highest BCUT2D eigenvalue weighted by molar-refractivity contribution is 5.81. The molecule has 88 valence electrons. The van der Waals surface area contributed by atoms with Crippen molar-refractivity contribution in [3.63, 3.8) is 0 Å². The number of carbonyl (C=O) groups is 1. The predicted octanol–water partition coefficient (Wildman–Crippen LogP) is 1.49. The Morgan fingerprint density at radius 2 is 2.00 bits per heavy atom. The average Bonchev–Trinajstić information content (AvgIpc) is 2.16. The Bertz CT molecular complexity index is 394. The van der Waals surface area contributed by atoms with Crippen LogP contribution in [0.2, 0.25) is 0 Å². The first-order valence-corrected chi connectivity index (χ1v) is 4.92. The summed E-state index contributed by atoms with van der Waals surface area (Å²) in [5.41, 5.74) is 5.59. The summed E-state index contributed by atoms with van der Waals surface area (Å²) in [6, 6.07) is 2.03. The molecule has 0 saturated heterocycles. The van der Waals surface area contributed by atoms with Crippen molar-refractivity contribution in [1.82, 2.24) is 5.32 Å². The number of hydrogen-bond acceptors (Lipinski definition) is 2. The Morgan fingerprint density at radius 1 is 1.38 bits per heavy atom. The molecule has 0 saturated carbocycles. The summed E-state index contributed by atoms with van der Waals surface area (Å²) < 4.78 is 26.0. The van der Waals surface area contributed by atoms with Crippen molar-refractivity contribution < 1.29 is 13.6 Å². The van der Waals surface area contributed by atoms with Crippen molar-refractivity contribution in [3.05, 3.63) is 35.4 Å². The molecule has 0 unspecified atom stereocenters. The van der Waals surface area contributed by atoms with Crippen LogP contribution in [0.15, 0.2) is 18.2 Å². The normalized spacial score (nSPS) is 14.3. The topological polar surface area (TPSA) is 55.1 Å². The molecule has 0 fully saturated rings. The van der Waals surface area contributed by atoms with Gasteiger partial charge in [0.2, 0.25) is 5.91 Å². The van der Waals surface area contributed by atoms with Crippen LogP contribution in [0.4, 0.5) is 8.78 Å². The number of amides is 1. The fourth-order valence-electron chi connectivity index (χ4n) is 1.28. The number of rotatable bonds is 3. The van der Waals surface area contributed by atoms with Crippen LogP contribution in [0.25, 0.3) is 0 Å². The van der Waals surface area contributed by atoms with E-state index in [9.17, 15) is 13.6 Å². The molecular weight excluding hydrogens is 214 g/mol. The van der Waals surface area contributed by atoms with Gasteiger partial charge in [-0.15, -0.1) is 0 Å². The summed E-state index contributed by atoms with van der Waals surface area (Å²) in [4.78, 5) is 11.3. The van der Waals surface area contributed by atoms with Crippen LogP contribution in [-0.4, -0.2) is 11.9 Å². The highest BCUT2D eigenvalue weighted by Gasteiger charge is 2.15. The second-order valence-electron chi connectivity index (χ2n) is 3.68. The molecule has 2 atom stereocenters. The molecule has 3 nitrogen and oxygen atoms in total. The third-order valence-corrected chi connectivity index (χ3v) is 2.20. The molecular formula is C11H14F2N2O. The molecule has 1 aromatic carbocycles. The summed E-state index contributed by atoms with van der Waals surface area (Å²) in [6.45, 7) is 3.14. The van der Waals surface area contributed by atoms with Crippen LogP contribution in [-0.2, 0) is 4.79 Å². The molecule has 0 spiro atoms. The monoisotopic (exact) mass is 228 g/mol. The van der Waals surface area contributed by atoms with Gasteiger partial charge in [0.15, 0.2) is 0 Å². The van der Waals surface area contributed by atoms with Gasteiger partial charge in [0, 0.05) is 11.6 Å². The Balaban J connectivity index is 2.80. The molecule has 0 aliphatic carbocycles. The van der Waals surface area contributed by atoms with E-state index >= 15 is 0 Å². The van der Waals surface area contributed by atoms with Crippen molar-refractivity contribution in [1.29, 1.82) is 0 Å². The van der Waals surface area contributed by atoms with Crippen molar-refractivity contribution >= 4 is 5.91 Å². The minimum absolute atomic E-state index is 0.232. The van der Waals surface area contributed by atoms with Crippen LogP contribution >= 0.6 is 0 Å². The quantitative estimate of drug-likeness (QED) is 0.823. The maximum Gasteiger partial charge on any atom is 0.237 e. The van der Waals surface area contributed by atoms with E-state index in [0.717, 1.165) is 12.1 Å². The van der Waals surface area contributed by atoms with E-state index in [0.29, 0.717) is 0 Å². The number of nitrogens with two attached hydrogens (primary N) is 1. The largest absolute Gasteiger partial charge is 0.348 e. The number of nitrogens with one attached hydrogen (secondary N) is 1. The van der Waals surface area contributed by atoms with Gasteiger partial charge in [-0.3, -0.25) is 4.79 Å². The minimum atomic E-state index is -0.683. The van der Waals surface area contributed by atoms with E-state index in [2.05, 4.69) is 5.32 Å². The lowest BCUT2D eigenvalue weighted by molar-refractivity contribution is -0.122. The maximum atomic E-state index is 13.3. The molecule has 0 bridgehead atoms. The van der Waals surface area contributed by atoms with E-state index in [1.165, 1.54) is 13.0 Å². The third kappa shape index (κ3) is 3.00. The average molecular weight is 228 g/mol. The van der Waals surface area contributed by atoms with Gasteiger partial charge in [-0.2, -0.15) is 0 Å². The lowest BCUT2D eigenvalue weighted by atomic mass is 10.1. The van der Waals surface area contributed by atoms with E-state index < -0.39 is 23.7 Å². The lowest BCUT2D eigenvalue weighted by Crippen LogP contribution is -2.39. The molecule has 1 rings (SSSR count). The van der Waals surface area contributed by atoms with Gasteiger partial charge in [-0.05, 0) is 19.9 Å². The molecule has 1 amide bonds. The van der Waals surface area contributed by atoms with Crippen molar-refractivity contribution in [2.45, 2.75) is 25.9 Å². The first-order valence-electron chi connectivity index (χ1n) is 4.92. The standard InChI is InChI=1S/C11H14F2N2O/c1-6(14)11(16)15-7(2)9-4-3-8(12)5-10(9)13/h3-7H,14H2,1-2H3,(H,15,16)/t6-,7+/m0/s1. The maximum absolute atomic E-state index is 13.3. The predicted molar refractivity (Wildman–Crippen MR) is 56.6 cm³/mol. The van der Waals surface area contributed by atoms with Crippen molar-refractivity contribution in [2.75, 3.05) is 0 Å². The van der Waals surface area contributed by atoms with E-state index in [1.54, 1.807) is 6.92 Å². The van der Waals surface area contributed by atoms with E-state index in [-0.39, 0.29) is 11.5 Å². The number of halogens is 2. The summed E-state index contributed by atoms with van der Waals surface area (Å²) in [6.07, 6.45) is 0. The molecule has 0 heterocycles. The molecule has 0 radical (unpaired) electrons. The number of carbonyl (C=O) groups excluding carboxylic acids is 1. The van der Waals surface area contributed by atoms with Crippen molar-refractivity contribution in [2.24, 2.45) is 5.73 Å². The smallest absolute Gasteiger partial charge is 0.237 e. The van der Waals surface area contributed by atoms with E-state index in [4.69, 9.17) is 5.73 Å². The second-order valence-corrected chi connectivity index (χ2v) is 3.68. The van der Waals surface area contributed by atoms with Crippen LogP contribution in [0.3, 0.4) is 0 Å². The molecule has 5 heteroatoms. The number of hydrogen-bond donors (Lipinski definition) is 2. The van der Waals surface area contributed by atoms with Crippen molar-refractivity contribution in [3.8, 4) is 0 Å². The van der Waals surface area contributed by atoms with Gasteiger partial charge < -0.3 is 11.1 Å². The highest BCUT2D eigenvalue weighted by Crippen LogP contribution is 2.17. The van der Waals surface area contributed by atoms with Gasteiger partial charge >= 0.3 is 0 Å². The van der Waals surface area contributed by atoms with Crippen LogP contribution in [0, 0.1) is 11.6 Å². The Morgan fingerprint density at radius 3 is 2.50 bits per heavy atom. The van der Waals surface area contributed by atoms with Crippen LogP contribution in [0.5, 0.6) is 0 Å². The lowest BCUT2D eigenvalue weighted by Gasteiger charge is -2.16. The summed E-state index contributed by atoms with van der Waals surface area (Å²) in [5, 5.41) is 2.53. The van der Waals surface area contributed by atoms with E-state index in [1.807, 2.05) is 0 Å². The highest BCUT2D eigenvalue weighted by atomic mass is 19.1. The fraction of sp³-hybridized carbons (Fsp3) is 0.364. The van der Waals surface area contributed by atoms with Crippen LogP contribution < -0.4 is 11.1 Å². The molecule has 16 heavy (non-hydrogen) atoms. The number of benzene rings is 1. The van der Waals surface area contributed by atoms with Gasteiger partial charge in [0.1, 0.15) is 11.6 Å². The second kappa shape index (κ2) is 5.03. The molecule has 0 aromatic heterocycles. The summed E-state index contributed by atoms with van der Waals surface area (Å²) in [5.74, 6) is -1.71. The first-order chi connectivity index (χ1) is 7.41. The SMILES string of the molecule is C[C@H](N)C(=O)N[C@H](C)c1ccc(F)cc1F. The van der Waals surface area contributed by atoms with Crippen LogP contribution in [0.1, 0.15) is 25.5 Å². The molecule has 0 aliphatic rings. The molecule has 1 aromatic rings. The molecule has 0 aliphatic heterocycles. The Kier molecular flexibility index (Phi) is 3.95. The van der Waals surface area contributed by atoms with Gasteiger partial charge in [-0.25, -0.2) is 8.78 Å². The Hall–Kier alpha value is -1.49. The zero-order valence-corrected chi connectivity index (χ0v) is 9.13. The van der Waals surface area contributed by atoms with Gasteiger partial charge in [0.05, 0.1) is 12.1 Å². The summed E-state index contributed by atoms with van der Waals surface area (Å²) in [7, 11) is 0. The minimum Gasteiger partial charge on any atom is -0.348 e.